The molecule has 3 heteroatoms. The summed E-state index contributed by atoms with van der Waals surface area (Å²) < 4.78 is 1.33. The van der Waals surface area contributed by atoms with Crippen molar-refractivity contribution >= 4 is 3.81 Å². The third-order valence-electron chi connectivity index (χ3n) is 5.80. The number of hydrogen-bond acceptors (Lipinski definition) is 0. The van der Waals surface area contributed by atoms with Gasteiger partial charge in [0.15, 0.2) is 0 Å². The molecule has 2 aliphatic rings. The van der Waals surface area contributed by atoms with E-state index in [4.69, 9.17) is 0 Å². The van der Waals surface area contributed by atoms with Gasteiger partial charge in [-0.3, -0.25) is 6.08 Å². The number of aryl methyl sites for hydroxylation is 2. The van der Waals surface area contributed by atoms with Gasteiger partial charge < -0.3 is 24.8 Å². The second kappa shape index (κ2) is 14.9. The zero-order valence-corrected chi connectivity index (χ0v) is 23.6. The van der Waals surface area contributed by atoms with Crippen LogP contribution in [0.1, 0.15) is 39.8 Å². The molecule has 0 N–H and O–H groups in total. The van der Waals surface area contributed by atoms with E-state index in [1.807, 2.05) is 24.3 Å². The maximum atomic E-state index is 3.45. The second-order valence-corrected chi connectivity index (χ2v) is 9.26. The third kappa shape index (κ3) is 8.02. The first-order valence-electron chi connectivity index (χ1n) is 11.6. The summed E-state index contributed by atoms with van der Waals surface area (Å²) in [6.45, 7) is 4.26. The summed E-state index contributed by atoms with van der Waals surface area (Å²) in [4.78, 5) is 0. The van der Waals surface area contributed by atoms with Crippen LogP contribution in [0.4, 0.5) is 0 Å². The summed E-state index contributed by atoms with van der Waals surface area (Å²) in [5, 5.41) is 0. The predicted octanol–water partition coefficient (Wildman–Crippen LogP) is 1.79. The Kier molecular flexibility index (Phi) is 12.3. The molecule has 0 fully saturated rings. The molecule has 0 saturated heterocycles. The fourth-order valence-electron chi connectivity index (χ4n) is 4.09. The molecule has 0 nitrogen and oxygen atoms in total. The minimum absolute atomic E-state index is 0. The van der Waals surface area contributed by atoms with Gasteiger partial charge in [-0.05, 0) is 18.9 Å². The molecule has 4 aromatic rings. The standard InChI is InChI=1S/C15H13.C13H10.C5H5.2ClH.Ti/c1-10-3-5-14-12(7-10)9-13-8-11(2)4-6-15(13)14;1-3-7-12(8-4-1)11-13-9-5-2-6-10-13;1-2-4-5-3-1;;;/h3-7H,9H2,1-2H3;1-10H;1-3H,4H2;2*1H;/q-1;;-1;;;+2/p-2. The molecule has 2 aliphatic carbocycles. The van der Waals surface area contributed by atoms with Crippen LogP contribution in [0, 0.1) is 26.0 Å². The molecule has 0 aliphatic heterocycles. The van der Waals surface area contributed by atoms with Gasteiger partial charge in [-0.25, -0.2) is 12.2 Å². The Bertz CT molecular complexity index is 1220. The molecule has 4 aromatic carbocycles. The number of hydrogen-bond donors (Lipinski definition) is 0. The van der Waals surface area contributed by atoms with E-state index >= 15 is 0 Å². The van der Waals surface area contributed by atoms with Crippen molar-refractivity contribution in [3.8, 4) is 11.1 Å². The van der Waals surface area contributed by atoms with Crippen molar-refractivity contribution in [1.29, 1.82) is 0 Å². The third-order valence-corrected chi connectivity index (χ3v) is 6.70. The van der Waals surface area contributed by atoms with Crippen LogP contribution in [-0.2, 0) is 26.4 Å². The topological polar surface area (TPSA) is 0 Å². The molecule has 0 radical (unpaired) electrons. The molecule has 0 spiro atoms. The Morgan fingerprint density at radius 3 is 1.89 bits per heavy atom. The van der Waals surface area contributed by atoms with Crippen LogP contribution < -0.4 is 24.8 Å². The Labute approximate surface area is 239 Å². The SMILES string of the molecule is Cc1[c-]c2c(cc1)-c1ccc(C)cc1C2.[C-]1=CC=CC1.[Cl-].[Cl-].[Ti+2]=[C](c1ccccc1)c1ccccc1. The van der Waals surface area contributed by atoms with Crippen molar-refractivity contribution in [1.82, 2.24) is 0 Å². The van der Waals surface area contributed by atoms with Crippen LogP contribution >= 0.6 is 0 Å². The van der Waals surface area contributed by atoms with Crippen molar-refractivity contribution in [3.63, 3.8) is 0 Å². The normalized spacial score (nSPS) is 11.4. The molecule has 0 amide bonds. The van der Waals surface area contributed by atoms with Crippen molar-refractivity contribution < 1.29 is 44.8 Å². The molecule has 0 bridgehead atoms. The monoisotopic (exact) mass is 542 g/mol. The van der Waals surface area contributed by atoms with Gasteiger partial charge >= 0.3 is 95.6 Å². The van der Waals surface area contributed by atoms with Crippen LogP contribution in [0.5, 0.6) is 0 Å². The predicted molar refractivity (Wildman–Crippen MR) is 141 cm³/mol. The summed E-state index contributed by atoms with van der Waals surface area (Å²) in [5.74, 6) is 0. The fraction of sp³-hybridized carbons (Fsp3) is 0.121. The Morgan fingerprint density at radius 1 is 0.750 bits per heavy atom. The van der Waals surface area contributed by atoms with Gasteiger partial charge in [-0.2, -0.15) is 29.8 Å². The van der Waals surface area contributed by atoms with Crippen LogP contribution in [-0.4, -0.2) is 3.81 Å². The van der Waals surface area contributed by atoms with Crippen LogP contribution in [0.3, 0.4) is 0 Å². The van der Waals surface area contributed by atoms with Gasteiger partial charge in [0.25, 0.3) is 0 Å². The maximum absolute atomic E-state index is 3.45. The van der Waals surface area contributed by atoms with E-state index in [0.717, 1.165) is 12.8 Å². The van der Waals surface area contributed by atoms with Gasteiger partial charge in [0, 0.05) is 0 Å². The number of fused-ring (bicyclic) bond motifs is 3. The van der Waals surface area contributed by atoms with Gasteiger partial charge in [-0.15, -0.1) is 17.5 Å². The molecule has 36 heavy (non-hydrogen) atoms. The first-order chi connectivity index (χ1) is 16.6. The number of halogens is 2. The van der Waals surface area contributed by atoms with Crippen molar-refractivity contribution in [2.24, 2.45) is 0 Å². The van der Waals surface area contributed by atoms with Crippen molar-refractivity contribution in [2.45, 2.75) is 26.7 Å². The van der Waals surface area contributed by atoms with E-state index in [1.54, 1.807) is 0 Å². The first-order valence-corrected chi connectivity index (χ1v) is 12.4. The number of allylic oxidation sites excluding steroid dienone is 4. The van der Waals surface area contributed by atoms with Gasteiger partial charge in [0.2, 0.25) is 0 Å². The minimum atomic E-state index is 0. The molecule has 0 atom stereocenters. The molecule has 0 unspecified atom stereocenters. The summed E-state index contributed by atoms with van der Waals surface area (Å²) in [7, 11) is 0. The molecule has 0 heterocycles. The Morgan fingerprint density at radius 2 is 1.36 bits per heavy atom. The summed E-state index contributed by atoms with van der Waals surface area (Å²) in [6, 6.07) is 35.5. The quantitative estimate of drug-likeness (QED) is 0.236. The summed E-state index contributed by atoms with van der Waals surface area (Å²) >= 11 is 2.16. The van der Waals surface area contributed by atoms with Crippen molar-refractivity contribution in [3.05, 3.63) is 155 Å². The van der Waals surface area contributed by atoms with E-state index in [1.165, 1.54) is 48.3 Å². The fourth-order valence-corrected chi connectivity index (χ4v) is 4.61. The molecule has 0 saturated carbocycles. The summed E-state index contributed by atoms with van der Waals surface area (Å²) in [5.41, 5.74) is 10.7. The molecule has 0 aromatic heterocycles. The molecular formula is C33H28Cl2Ti-2. The van der Waals surface area contributed by atoms with E-state index in [2.05, 4.69) is 131 Å². The van der Waals surface area contributed by atoms with Gasteiger partial charge in [-0.1, -0.05) is 36.2 Å². The summed E-state index contributed by atoms with van der Waals surface area (Å²) in [6.07, 6.45) is 11.0. The molecular weight excluding hydrogens is 515 g/mol. The molecule has 180 valence electrons. The van der Waals surface area contributed by atoms with Crippen LogP contribution in [0.25, 0.3) is 11.1 Å². The first kappa shape index (κ1) is 29.8. The van der Waals surface area contributed by atoms with E-state index in [-0.39, 0.29) is 24.8 Å². The van der Waals surface area contributed by atoms with Gasteiger partial charge in [0.05, 0.1) is 0 Å². The van der Waals surface area contributed by atoms with Crippen LogP contribution in [0.2, 0.25) is 0 Å². The average Bonchev–Trinajstić information content (AvgIpc) is 3.56. The van der Waals surface area contributed by atoms with Crippen LogP contribution in [0.15, 0.2) is 109 Å². The zero-order chi connectivity index (χ0) is 23.8. The van der Waals surface area contributed by atoms with Gasteiger partial charge in [0.1, 0.15) is 0 Å². The number of benzene rings is 4. The van der Waals surface area contributed by atoms with Crippen molar-refractivity contribution in [2.75, 3.05) is 0 Å². The van der Waals surface area contributed by atoms with E-state index < -0.39 is 0 Å². The average molecular weight is 543 g/mol. The Hall–Kier alpha value is -2.48. The zero-order valence-electron chi connectivity index (χ0n) is 20.6. The number of rotatable bonds is 2. The second-order valence-electron chi connectivity index (χ2n) is 8.48. The Balaban J connectivity index is 0.000000204. The van der Waals surface area contributed by atoms with E-state index in [0.29, 0.717) is 0 Å². The van der Waals surface area contributed by atoms with E-state index in [9.17, 15) is 0 Å². The molecule has 6 rings (SSSR count).